The first-order valence-corrected chi connectivity index (χ1v) is 12.3. The number of aryl methyl sites for hydroxylation is 1. The Hall–Kier alpha value is -2.81. The highest BCUT2D eigenvalue weighted by atomic mass is 19.4. The molecule has 36 heavy (non-hydrogen) atoms. The van der Waals surface area contributed by atoms with Gasteiger partial charge < -0.3 is 5.11 Å². The van der Waals surface area contributed by atoms with Crippen LogP contribution in [0.25, 0.3) is 11.1 Å². The van der Waals surface area contributed by atoms with Gasteiger partial charge in [-0.25, -0.2) is 9.97 Å². The molecule has 0 aliphatic carbocycles. The summed E-state index contributed by atoms with van der Waals surface area (Å²) in [5.74, 6) is 0. The third kappa shape index (κ3) is 4.90. The number of rotatable bonds is 6. The lowest BCUT2D eigenvalue weighted by Gasteiger charge is -2.41. The Morgan fingerprint density at radius 1 is 0.972 bits per heavy atom. The van der Waals surface area contributed by atoms with Crippen molar-refractivity contribution in [1.29, 1.82) is 0 Å². The van der Waals surface area contributed by atoms with Crippen molar-refractivity contribution in [3.05, 3.63) is 83.4 Å². The molecule has 0 radical (unpaired) electrons. The third-order valence-corrected chi connectivity index (χ3v) is 7.70. The lowest BCUT2D eigenvalue weighted by atomic mass is 9.92. The molecule has 1 aromatic heterocycles. The average Bonchev–Trinajstić information content (AvgIpc) is 3.06. The normalized spacial score (nSPS) is 22.5. The SMILES string of the molecule is Cc1cc(CN2CC3CCC(C2)N3Cc2ccncn2)ccc1-c1ccc(C(C)(O)C(F)(F)F)cc1. The maximum Gasteiger partial charge on any atom is 0.421 e. The van der Waals surface area contributed by atoms with Crippen LogP contribution in [0.3, 0.4) is 0 Å². The van der Waals surface area contributed by atoms with E-state index >= 15 is 0 Å². The summed E-state index contributed by atoms with van der Waals surface area (Å²) in [5, 5.41) is 9.92. The minimum Gasteiger partial charge on any atom is -0.376 e. The van der Waals surface area contributed by atoms with Gasteiger partial charge >= 0.3 is 6.18 Å². The first-order valence-electron chi connectivity index (χ1n) is 12.3. The predicted molar refractivity (Wildman–Crippen MR) is 132 cm³/mol. The van der Waals surface area contributed by atoms with E-state index in [4.69, 9.17) is 0 Å². The number of fused-ring (bicyclic) bond motifs is 2. The van der Waals surface area contributed by atoms with Crippen molar-refractivity contribution in [2.75, 3.05) is 13.1 Å². The highest BCUT2D eigenvalue weighted by Crippen LogP contribution is 2.39. The Balaban J connectivity index is 1.24. The van der Waals surface area contributed by atoms with Gasteiger partial charge in [0, 0.05) is 44.5 Å². The van der Waals surface area contributed by atoms with E-state index in [9.17, 15) is 18.3 Å². The molecule has 2 aliphatic heterocycles. The number of hydrogen-bond acceptors (Lipinski definition) is 5. The quantitative estimate of drug-likeness (QED) is 0.517. The molecule has 3 heterocycles. The minimum atomic E-state index is -4.73. The van der Waals surface area contributed by atoms with Crippen molar-refractivity contribution < 1.29 is 18.3 Å². The number of hydrogen-bond donors (Lipinski definition) is 1. The standard InChI is InChI=1S/C28H31F3N4O/c1-19-13-20(3-10-26(19)21-4-6-22(7-5-21)27(2,36)28(29,30)31)14-34-16-24-8-9-25(17-34)35(24)15-23-11-12-32-18-33-23/h3-7,10-13,18,24-25,36H,8-9,14-17H2,1-2H3. The van der Waals surface area contributed by atoms with E-state index in [1.165, 1.54) is 30.5 Å². The average molecular weight is 497 g/mol. The summed E-state index contributed by atoms with van der Waals surface area (Å²) in [7, 11) is 0. The molecule has 5 rings (SSSR count). The van der Waals surface area contributed by atoms with Crippen LogP contribution in [-0.4, -0.2) is 56.2 Å². The highest BCUT2D eigenvalue weighted by Gasteiger charge is 2.51. The van der Waals surface area contributed by atoms with Crippen LogP contribution < -0.4 is 0 Å². The number of benzene rings is 2. The molecule has 2 saturated heterocycles. The zero-order valence-electron chi connectivity index (χ0n) is 20.5. The fraction of sp³-hybridized carbons (Fsp3) is 0.429. The van der Waals surface area contributed by atoms with Crippen LogP contribution >= 0.6 is 0 Å². The molecule has 3 unspecified atom stereocenters. The van der Waals surface area contributed by atoms with Gasteiger partial charge in [0.05, 0.1) is 5.69 Å². The fourth-order valence-corrected chi connectivity index (χ4v) is 5.61. The van der Waals surface area contributed by atoms with Gasteiger partial charge in [0.15, 0.2) is 5.60 Å². The molecule has 8 heteroatoms. The van der Waals surface area contributed by atoms with Crippen LogP contribution in [0.15, 0.2) is 61.1 Å². The van der Waals surface area contributed by atoms with Crippen molar-refractivity contribution >= 4 is 0 Å². The van der Waals surface area contributed by atoms with Crippen molar-refractivity contribution in [1.82, 2.24) is 19.8 Å². The summed E-state index contributed by atoms with van der Waals surface area (Å²) >= 11 is 0. The van der Waals surface area contributed by atoms with Crippen LogP contribution in [0.4, 0.5) is 13.2 Å². The second kappa shape index (κ2) is 9.57. The molecule has 0 amide bonds. The molecule has 5 nitrogen and oxygen atoms in total. The van der Waals surface area contributed by atoms with Crippen LogP contribution in [0.2, 0.25) is 0 Å². The van der Waals surface area contributed by atoms with Gasteiger partial charge in [-0.1, -0.05) is 42.5 Å². The minimum absolute atomic E-state index is 0.165. The predicted octanol–water partition coefficient (Wildman–Crippen LogP) is 5.07. The number of aliphatic hydroxyl groups is 1. The summed E-state index contributed by atoms with van der Waals surface area (Å²) in [6.45, 7) is 6.62. The molecule has 2 aliphatic rings. The molecule has 190 valence electrons. The van der Waals surface area contributed by atoms with E-state index < -0.39 is 11.8 Å². The van der Waals surface area contributed by atoms with Gasteiger partial charge in [0.2, 0.25) is 0 Å². The lowest BCUT2D eigenvalue weighted by Crippen LogP contribution is -2.52. The molecule has 3 aromatic rings. The van der Waals surface area contributed by atoms with Gasteiger partial charge in [0.25, 0.3) is 0 Å². The summed E-state index contributed by atoms with van der Waals surface area (Å²) in [6.07, 6.45) is 1.10. The summed E-state index contributed by atoms with van der Waals surface area (Å²) in [5.41, 5.74) is 2.15. The van der Waals surface area contributed by atoms with E-state index in [1.807, 2.05) is 19.1 Å². The molecule has 3 atom stereocenters. The Labute approximate surface area is 209 Å². The van der Waals surface area contributed by atoms with Crippen molar-refractivity contribution in [3.63, 3.8) is 0 Å². The Bertz CT molecular complexity index is 1180. The van der Waals surface area contributed by atoms with Crippen LogP contribution in [0, 0.1) is 6.92 Å². The van der Waals surface area contributed by atoms with Crippen molar-refractivity contribution in [3.8, 4) is 11.1 Å². The summed E-state index contributed by atoms with van der Waals surface area (Å²) in [6, 6.07) is 15.4. The van der Waals surface area contributed by atoms with Crippen molar-refractivity contribution in [2.45, 2.75) is 63.6 Å². The van der Waals surface area contributed by atoms with Crippen LogP contribution in [0.5, 0.6) is 0 Å². The largest absolute Gasteiger partial charge is 0.421 e. The first-order chi connectivity index (χ1) is 17.1. The Morgan fingerprint density at radius 3 is 2.25 bits per heavy atom. The second-order valence-electron chi connectivity index (χ2n) is 10.2. The van der Waals surface area contributed by atoms with Gasteiger partial charge in [-0.2, -0.15) is 13.2 Å². The molecule has 1 N–H and O–H groups in total. The maximum atomic E-state index is 13.2. The molecule has 2 aromatic carbocycles. The van der Waals surface area contributed by atoms with Crippen molar-refractivity contribution in [2.24, 2.45) is 0 Å². The van der Waals surface area contributed by atoms with Gasteiger partial charge in [-0.05, 0) is 60.6 Å². The van der Waals surface area contributed by atoms with Crippen LogP contribution in [-0.2, 0) is 18.7 Å². The topological polar surface area (TPSA) is 52.5 Å². The Kier molecular flexibility index (Phi) is 6.61. The third-order valence-electron chi connectivity index (χ3n) is 7.70. The van der Waals surface area contributed by atoms with Gasteiger partial charge in [0.1, 0.15) is 6.33 Å². The molecular formula is C28H31F3N4O. The molecule has 0 saturated carbocycles. The van der Waals surface area contributed by atoms with Gasteiger partial charge in [-0.15, -0.1) is 0 Å². The lowest BCUT2D eigenvalue weighted by molar-refractivity contribution is -0.258. The van der Waals surface area contributed by atoms with E-state index in [0.29, 0.717) is 12.1 Å². The number of nitrogens with zero attached hydrogens (tertiary/aromatic N) is 4. The molecular weight excluding hydrogens is 465 g/mol. The van der Waals surface area contributed by atoms with E-state index in [0.717, 1.165) is 55.5 Å². The highest BCUT2D eigenvalue weighted by molar-refractivity contribution is 5.68. The molecule has 2 fully saturated rings. The number of alkyl halides is 3. The first kappa shape index (κ1) is 24.9. The summed E-state index contributed by atoms with van der Waals surface area (Å²) in [4.78, 5) is 13.5. The van der Waals surface area contributed by atoms with Gasteiger partial charge in [-0.3, -0.25) is 9.80 Å². The van der Waals surface area contributed by atoms with E-state index in [1.54, 1.807) is 24.7 Å². The number of aromatic nitrogens is 2. The fourth-order valence-electron chi connectivity index (χ4n) is 5.61. The number of halogens is 3. The molecule has 2 bridgehead atoms. The maximum absolute atomic E-state index is 13.2. The Morgan fingerprint density at radius 2 is 1.67 bits per heavy atom. The summed E-state index contributed by atoms with van der Waals surface area (Å²) < 4.78 is 39.5. The van der Waals surface area contributed by atoms with E-state index in [2.05, 4.69) is 31.9 Å². The number of likely N-dealkylation sites (tertiary alicyclic amines) is 1. The molecule has 0 spiro atoms. The zero-order chi connectivity index (χ0) is 25.5. The number of piperazine rings is 1. The smallest absolute Gasteiger partial charge is 0.376 e. The van der Waals surface area contributed by atoms with Crippen LogP contribution in [0.1, 0.15) is 42.1 Å². The zero-order valence-corrected chi connectivity index (χ0v) is 20.5. The monoisotopic (exact) mass is 496 g/mol. The van der Waals surface area contributed by atoms with E-state index in [-0.39, 0.29) is 5.56 Å². The second-order valence-corrected chi connectivity index (χ2v) is 10.2.